The van der Waals surface area contributed by atoms with Gasteiger partial charge in [-0.2, -0.15) is 0 Å². The summed E-state index contributed by atoms with van der Waals surface area (Å²) in [7, 11) is 2.05. The molecule has 0 amide bonds. The van der Waals surface area contributed by atoms with Gasteiger partial charge in [0.05, 0.1) is 11.8 Å². The first-order valence-electron chi connectivity index (χ1n) is 6.27. The zero-order valence-corrected chi connectivity index (χ0v) is 13.0. The first kappa shape index (κ1) is 14.1. The molecule has 2 nitrogen and oxygen atoms in total. The first-order chi connectivity index (χ1) is 9.00. The second kappa shape index (κ2) is 5.76. The van der Waals surface area contributed by atoms with Gasteiger partial charge in [-0.05, 0) is 59.1 Å². The molecule has 19 heavy (non-hydrogen) atoms. The lowest BCUT2D eigenvalue weighted by atomic mass is 10.1. The SMILES string of the molecule is Cc1ccccc1N(C)c1ccc([C@H](C)O)cc1Br. The summed E-state index contributed by atoms with van der Waals surface area (Å²) in [6.45, 7) is 3.87. The molecule has 0 aromatic heterocycles. The first-order valence-corrected chi connectivity index (χ1v) is 7.07. The van der Waals surface area contributed by atoms with Crippen LogP contribution in [-0.2, 0) is 0 Å². The summed E-state index contributed by atoms with van der Waals surface area (Å²) >= 11 is 3.59. The average Bonchev–Trinajstić information content (AvgIpc) is 2.38. The van der Waals surface area contributed by atoms with Gasteiger partial charge in [0.25, 0.3) is 0 Å². The minimum Gasteiger partial charge on any atom is -0.389 e. The minimum absolute atomic E-state index is 0.450. The highest BCUT2D eigenvalue weighted by Gasteiger charge is 2.11. The van der Waals surface area contributed by atoms with Crippen LogP contribution < -0.4 is 4.90 Å². The van der Waals surface area contributed by atoms with Crippen LogP contribution in [0.3, 0.4) is 0 Å². The number of anilines is 2. The molecule has 0 unspecified atom stereocenters. The molecule has 0 aliphatic carbocycles. The molecule has 0 radical (unpaired) electrons. The van der Waals surface area contributed by atoms with Crippen LogP contribution in [0.2, 0.25) is 0 Å². The van der Waals surface area contributed by atoms with Crippen LogP contribution in [-0.4, -0.2) is 12.2 Å². The Labute approximate surface area is 122 Å². The lowest BCUT2D eigenvalue weighted by Crippen LogP contribution is -2.11. The number of aryl methyl sites for hydroxylation is 1. The van der Waals surface area contributed by atoms with Gasteiger partial charge in [-0.1, -0.05) is 24.3 Å². The second-order valence-corrected chi connectivity index (χ2v) is 5.59. The fraction of sp³-hybridized carbons (Fsp3) is 0.250. The summed E-state index contributed by atoms with van der Waals surface area (Å²) in [6.07, 6.45) is -0.450. The average molecular weight is 320 g/mol. The predicted octanol–water partition coefficient (Wildman–Crippen LogP) is 4.58. The topological polar surface area (TPSA) is 23.5 Å². The molecule has 0 fully saturated rings. The second-order valence-electron chi connectivity index (χ2n) is 4.73. The zero-order chi connectivity index (χ0) is 14.0. The van der Waals surface area contributed by atoms with Crippen molar-refractivity contribution in [3.63, 3.8) is 0 Å². The van der Waals surface area contributed by atoms with Gasteiger partial charge in [0, 0.05) is 17.2 Å². The fourth-order valence-electron chi connectivity index (χ4n) is 2.12. The van der Waals surface area contributed by atoms with Crippen molar-refractivity contribution in [1.29, 1.82) is 0 Å². The Bertz CT molecular complexity index is 581. The normalized spacial score (nSPS) is 12.3. The number of para-hydroxylation sites is 1. The van der Waals surface area contributed by atoms with Crippen molar-refractivity contribution in [2.75, 3.05) is 11.9 Å². The number of aliphatic hydroxyl groups is 1. The van der Waals surface area contributed by atoms with Gasteiger partial charge in [0.1, 0.15) is 0 Å². The van der Waals surface area contributed by atoms with Crippen LogP contribution in [0.4, 0.5) is 11.4 Å². The highest BCUT2D eigenvalue weighted by Crippen LogP contribution is 2.34. The van der Waals surface area contributed by atoms with E-state index in [-0.39, 0.29) is 0 Å². The lowest BCUT2D eigenvalue weighted by molar-refractivity contribution is 0.199. The molecular weight excluding hydrogens is 302 g/mol. The van der Waals surface area contributed by atoms with Crippen molar-refractivity contribution >= 4 is 27.3 Å². The number of hydrogen-bond acceptors (Lipinski definition) is 2. The molecule has 0 aliphatic heterocycles. The molecule has 0 heterocycles. The van der Waals surface area contributed by atoms with E-state index >= 15 is 0 Å². The Morgan fingerprint density at radius 3 is 2.37 bits per heavy atom. The van der Waals surface area contributed by atoms with Gasteiger partial charge >= 0.3 is 0 Å². The number of nitrogens with zero attached hydrogens (tertiary/aromatic N) is 1. The molecule has 2 aromatic rings. The monoisotopic (exact) mass is 319 g/mol. The van der Waals surface area contributed by atoms with E-state index in [0.717, 1.165) is 15.7 Å². The van der Waals surface area contributed by atoms with Crippen LogP contribution in [0.1, 0.15) is 24.2 Å². The number of halogens is 1. The van der Waals surface area contributed by atoms with Gasteiger partial charge in [0.2, 0.25) is 0 Å². The van der Waals surface area contributed by atoms with E-state index in [1.807, 2.05) is 37.4 Å². The quantitative estimate of drug-likeness (QED) is 0.895. The van der Waals surface area contributed by atoms with Crippen molar-refractivity contribution < 1.29 is 5.11 Å². The summed E-state index contributed by atoms with van der Waals surface area (Å²) in [5.41, 5.74) is 4.40. The van der Waals surface area contributed by atoms with E-state index in [4.69, 9.17) is 0 Å². The van der Waals surface area contributed by atoms with Crippen LogP contribution in [0.5, 0.6) is 0 Å². The van der Waals surface area contributed by atoms with Crippen molar-refractivity contribution in [2.45, 2.75) is 20.0 Å². The van der Waals surface area contributed by atoms with Crippen molar-refractivity contribution in [3.8, 4) is 0 Å². The zero-order valence-electron chi connectivity index (χ0n) is 11.4. The third-order valence-corrected chi connectivity index (χ3v) is 3.93. The predicted molar refractivity (Wildman–Crippen MR) is 84.0 cm³/mol. The summed E-state index contributed by atoms with van der Waals surface area (Å²) in [5.74, 6) is 0. The van der Waals surface area contributed by atoms with Crippen LogP contribution >= 0.6 is 15.9 Å². The van der Waals surface area contributed by atoms with Gasteiger partial charge < -0.3 is 10.0 Å². The van der Waals surface area contributed by atoms with Crippen LogP contribution in [0.15, 0.2) is 46.9 Å². The minimum atomic E-state index is -0.450. The molecular formula is C16H18BrNO. The van der Waals surface area contributed by atoms with E-state index in [1.54, 1.807) is 6.92 Å². The van der Waals surface area contributed by atoms with Crippen molar-refractivity contribution in [2.24, 2.45) is 0 Å². The lowest BCUT2D eigenvalue weighted by Gasteiger charge is -2.23. The van der Waals surface area contributed by atoms with Crippen molar-refractivity contribution in [3.05, 3.63) is 58.1 Å². The molecule has 0 bridgehead atoms. The molecule has 2 aromatic carbocycles. The Morgan fingerprint density at radius 2 is 1.79 bits per heavy atom. The Morgan fingerprint density at radius 1 is 1.11 bits per heavy atom. The largest absolute Gasteiger partial charge is 0.389 e. The number of aliphatic hydroxyl groups excluding tert-OH is 1. The molecule has 0 spiro atoms. The standard InChI is InChI=1S/C16H18BrNO/c1-11-6-4-5-7-15(11)18(3)16-9-8-13(12(2)19)10-14(16)17/h4-10,12,19H,1-3H3/t12-/m0/s1. The number of hydrogen-bond donors (Lipinski definition) is 1. The smallest absolute Gasteiger partial charge is 0.0762 e. The molecule has 2 rings (SSSR count). The number of rotatable bonds is 3. The van der Waals surface area contributed by atoms with E-state index in [1.165, 1.54) is 11.3 Å². The van der Waals surface area contributed by atoms with Gasteiger partial charge in [-0.3, -0.25) is 0 Å². The van der Waals surface area contributed by atoms with Gasteiger partial charge in [0.15, 0.2) is 0 Å². The summed E-state index contributed by atoms with van der Waals surface area (Å²) in [5, 5.41) is 9.60. The molecule has 0 aliphatic rings. The molecule has 3 heteroatoms. The van der Waals surface area contributed by atoms with Gasteiger partial charge in [-0.25, -0.2) is 0 Å². The highest BCUT2D eigenvalue weighted by atomic mass is 79.9. The van der Waals surface area contributed by atoms with Gasteiger partial charge in [-0.15, -0.1) is 0 Å². The molecule has 0 saturated carbocycles. The fourth-order valence-corrected chi connectivity index (χ4v) is 2.79. The number of benzene rings is 2. The van der Waals surface area contributed by atoms with E-state index in [2.05, 4.69) is 39.9 Å². The third-order valence-electron chi connectivity index (χ3n) is 3.29. The third kappa shape index (κ3) is 2.99. The van der Waals surface area contributed by atoms with E-state index in [9.17, 15) is 5.11 Å². The van der Waals surface area contributed by atoms with E-state index < -0.39 is 6.10 Å². The maximum atomic E-state index is 9.60. The highest BCUT2D eigenvalue weighted by molar-refractivity contribution is 9.10. The molecule has 1 N–H and O–H groups in total. The molecule has 1 atom stereocenters. The summed E-state index contributed by atoms with van der Waals surface area (Å²) < 4.78 is 0.983. The van der Waals surface area contributed by atoms with Crippen LogP contribution in [0.25, 0.3) is 0 Å². The Balaban J connectivity index is 2.40. The Kier molecular flexibility index (Phi) is 4.27. The van der Waals surface area contributed by atoms with Crippen LogP contribution in [0, 0.1) is 6.92 Å². The van der Waals surface area contributed by atoms with Crippen molar-refractivity contribution in [1.82, 2.24) is 0 Å². The Hall–Kier alpha value is -1.32. The molecule has 100 valence electrons. The van der Waals surface area contributed by atoms with E-state index in [0.29, 0.717) is 0 Å². The summed E-state index contributed by atoms with van der Waals surface area (Å²) in [4.78, 5) is 2.14. The maximum Gasteiger partial charge on any atom is 0.0762 e. The summed E-state index contributed by atoms with van der Waals surface area (Å²) in [6, 6.07) is 14.2. The maximum absolute atomic E-state index is 9.60. The molecule has 0 saturated heterocycles.